The minimum absolute atomic E-state index is 0.305. The molecule has 0 aliphatic heterocycles. The van der Waals surface area contributed by atoms with Gasteiger partial charge in [-0.15, -0.1) is 0 Å². The molecule has 0 N–H and O–H groups in total. The molecule has 1 aromatic carbocycles. The van der Waals surface area contributed by atoms with Crippen molar-refractivity contribution < 1.29 is 19.0 Å². The Morgan fingerprint density at radius 1 is 1.50 bits per heavy atom. The van der Waals surface area contributed by atoms with Gasteiger partial charge in [0.05, 0.1) is 5.97 Å². The molecule has 0 saturated carbocycles. The SMILES string of the molecule is CCC(Oc1ccc(F)cc1)C(=O)[O-]. The van der Waals surface area contributed by atoms with E-state index in [1.807, 2.05) is 0 Å². The van der Waals surface area contributed by atoms with Crippen LogP contribution >= 0.6 is 0 Å². The zero-order valence-corrected chi connectivity index (χ0v) is 7.70. The van der Waals surface area contributed by atoms with Crippen LogP contribution in [-0.2, 0) is 4.79 Å². The van der Waals surface area contributed by atoms with E-state index in [0.717, 1.165) is 0 Å². The lowest BCUT2D eigenvalue weighted by atomic mass is 10.2. The Hall–Kier alpha value is -1.58. The first-order valence-electron chi connectivity index (χ1n) is 4.26. The van der Waals surface area contributed by atoms with E-state index in [2.05, 4.69) is 0 Å². The Balaban J connectivity index is 2.67. The van der Waals surface area contributed by atoms with Gasteiger partial charge < -0.3 is 14.6 Å². The molecule has 0 heterocycles. The number of ether oxygens (including phenoxy) is 1. The van der Waals surface area contributed by atoms with Crippen LogP contribution in [-0.4, -0.2) is 12.1 Å². The largest absolute Gasteiger partial charge is 0.546 e. The van der Waals surface area contributed by atoms with Gasteiger partial charge in [0.2, 0.25) is 0 Å². The Morgan fingerprint density at radius 2 is 2.07 bits per heavy atom. The summed E-state index contributed by atoms with van der Waals surface area (Å²) in [5.74, 6) is -1.34. The number of halogens is 1. The summed E-state index contributed by atoms with van der Waals surface area (Å²) in [4.78, 5) is 10.5. The fourth-order valence-electron chi connectivity index (χ4n) is 0.976. The zero-order valence-electron chi connectivity index (χ0n) is 7.70. The molecule has 0 aliphatic carbocycles. The molecule has 1 unspecified atom stereocenters. The minimum Gasteiger partial charge on any atom is -0.546 e. The summed E-state index contributed by atoms with van der Waals surface area (Å²) in [6.45, 7) is 1.67. The molecule has 0 aliphatic rings. The van der Waals surface area contributed by atoms with Crippen LogP contribution in [0.2, 0.25) is 0 Å². The van der Waals surface area contributed by atoms with Gasteiger partial charge in [-0.1, -0.05) is 6.92 Å². The highest BCUT2D eigenvalue weighted by atomic mass is 19.1. The van der Waals surface area contributed by atoms with E-state index in [9.17, 15) is 14.3 Å². The van der Waals surface area contributed by atoms with E-state index in [4.69, 9.17) is 4.74 Å². The molecule has 1 aromatic rings. The van der Waals surface area contributed by atoms with Crippen LogP contribution in [0.3, 0.4) is 0 Å². The lowest BCUT2D eigenvalue weighted by Crippen LogP contribution is -2.39. The smallest absolute Gasteiger partial charge is 0.138 e. The summed E-state index contributed by atoms with van der Waals surface area (Å²) in [5, 5.41) is 10.5. The Bertz CT molecular complexity index is 308. The van der Waals surface area contributed by atoms with E-state index >= 15 is 0 Å². The molecule has 0 bridgehead atoms. The lowest BCUT2D eigenvalue weighted by molar-refractivity contribution is -0.313. The fraction of sp³-hybridized carbons (Fsp3) is 0.300. The molecule has 0 saturated heterocycles. The van der Waals surface area contributed by atoms with Crippen LogP contribution in [0.25, 0.3) is 0 Å². The van der Waals surface area contributed by atoms with Crippen LogP contribution in [0, 0.1) is 5.82 Å². The molecule has 1 atom stereocenters. The monoisotopic (exact) mass is 197 g/mol. The Labute approximate surface area is 81.1 Å². The van der Waals surface area contributed by atoms with Gasteiger partial charge >= 0.3 is 0 Å². The van der Waals surface area contributed by atoms with Crippen molar-refractivity contribution in [2.45, 2.75) is 19.4 Å². The van der Waals surface area contributed by atoms with Gasteiger partial charge in [0.1, 0.15) is 17.7 Å². The first-order chi connectivity index (χ1) is 6.63. The second-order valence-electron chi connectivity index (χ2n) is 2.79. The number of aliphatic carboxylic acids is 1. The molecular weight excluding hydrogens is 187 g/mol. The summed E-state index contributed by atoms with van der Waals surface area (Å²) >= 11 is 0. The molecule has 14 heavy (non-hydrogen) atoms. The maximum Gasteiger partial charge on any atom is 0.138 e. The van der Waals surface area contributed by atoms with E-state index < -0.39 is 12.1 Å². The standard InChI is InChI=1S/C10H11FO3/c1-2-9(10(12)13)14-8-5-3-7(11)4-6-8/h3-6,9H,2H2,1H3,(H,12,13)/p-1. The van der Waals surface area contributed by atoms with Crippen molar-refractivity contribution in [2.24, 2.45) is 0 Å². The van der Waals surface area contributed by atoms with Crippen molar-refractivity contribution in [3.8, 4) is 5.75 Å². The second-order valence-corrected chi connectivity index (χ2v) is 2.79. The Kier molecular flexibility index (Phi) is 3.45. The maximum atomic E-state index is 12.5. The third kappa shape index (κ3) is 2.73. The van der Waals surface area contributed by atoms with Gasteiger partial charge in [0.15, 0.2) is 0 Å². The molecule has 76 valence electrons. The number of carboxylic acids is 1. The number of benzene rings is 1. The van der Waals surface area contributed by atoms with Crippen molar-refractivity contribution in [3.05, 3.63) is 30.1 Å². The van der Waals surface area contributed by atoms with Gasteiger partial charge in [-0.25, -0.2) is 4.39 Å². The van der Waals surface area contributed by atoms with E-state index in [1.54, 1.807) is 6.92 Å². The Morgan fingerprint density at radius 3 is 2.50 bits per heavy atom. The topological polar surface area (TPSA) is 49.4 Å². The number of rotatable bonds is 4. The van der Waals surface area contributed by atoms with Crippen molar-refractivity contribution >= 4 is 5.97 Å². The average Bonchev–Trinajstić information content (AvgIpc) is 2.16. The van der Waals surface area contributed by atoms with Crippen molar-refractivity contribution in [1.82, 2.24) is 0 Å². The van der Waals surface area contributed by atoms with E-state index in [-0.39, 0.29) is 5.82 Å². The molecule has 4 heteroatoms. The van der Waals surface area contributed by atoms with Gasteiger partial charge in [-0.05, 0) is 30.7 Å². The summed E-state index contributed by atoms with van der Waals surface area (Å²) in [5.41, 5.74) is 0. The molecule has 3 nitrogen and oxygen atoms in total. The highest BCUT2D eigenvalue weighted by molar-refractivity contribution is 5.70. The second kappa shape index (κ2) is 4.60. The molecule has 0 aromatic heterocycles. The number of carbonyl (C=O) groups excluding carboxylic acids is 1. The average molecular weight is 197 g/mol. The van der Waals surface area contributed by atoms with Crippen LogP contribution in [0.15, 0.2) is 24.3 Å². The van der Waals surface area contributed by atoms with Crippen LogP contribution in [0.4, 0.5) is 4.39 Å². The van der Waals surface area contributed by atoms with Gasteiger partial charge in [-0.2, -0.15) is 0 Å². The zero-order chi connectivity index (χ0) is 10.6. The van der Waals surface area contributed by atoms with Crippen molar-refractivity contribution in [1.29, 1.82) is 0 Å². The number of hydrogen-bond acceptors (Lipinski definition) is 3. The first kappa shape index (κ1) is 10.5. The minimum atomic E-state index is -1.27. The van der Waals surface area contributed by atoms with Gasteiger partial charge in [0, 0.05) is 0 Å². The molecule has 1 rings (SSSR count). The van der Waals surface area contributed by atoms with Crippen LogP contribution in [0.1, 0.15) is 13.3 Å². The predicted octanol–water partition coefficient (Wildman–Crippen LogP) is 0.733. The predicted molar refractivity (Wildman–Crippen MR) is 46.1 cm³/mol. The summed E-state index contributed by atoms with van der Waals surface area (Å²) in [6.07, 6.45) is -0.680. The number of carbonyl (C=O) groups is 1. The number of hydrogen-bond donors (Lipinski definition) is 0. The van der Waals surface area contributed by atoms with E-state index in [1.165, 1.54) is 24.3 Å². The molecule has 0 radical (unpaired) electrons. The molecule has 0 amide bonds. The number of carboxylic acid groups (broad SMARTS) is 1. The molecule has 0 spiro atoms. The van der Waals surface area contributed by atoms with Crippen LogP contribution < -0.4 is 9.84 Å². The summed E-state index contributed by atoms with van der Waals surface area (Å²) in [6, 6.07) is 5.16. The maximum absolute atomic E-state index is 12.5. The summed E-state index contributed by atoms with van der Waals surface area (Å²) in [7, 11) is 0. The van der Waals surface area contributed by atoms with E-state index in [0.29, 0.717) is 12.2 Å². The first-order valence-corrected chi connectivity index (χ1v) is 4.26. The molecule has 0 fully saturated rings. The highest BCUT2D eigenvalue weighted by Gasteiger charge is 2.08. The normalized spacial score (nSPS) is 12.1. The fourth-order valence-corrected chi connectivity index (χ4v) is 0.976. The van der Waals surface area contributed by atoms with Crippen molar-refractivity contribution in [2.75, 3.05) is 0 Å². The van der Waals surface area contributed by atoms with Crippen molar-refractivity contribution in [3.63, 3.8) is 0 Å². The third-order valence-electron chi connectivity index (χ3n) is 1.73. The molecular formula is C10H10FO3-. The van der Waals surface area contributed by atoms with Crippen LogP contribution in [0.5, 0.6) is 5.75 Å². The van der Waals surface area contributed by atoms with Gasteiger partial charge in [-0.3, -0.25) is 0 Å². The lowest BCUT2D eigenvalue weighted by Gasteiger charge is -2.17. The quantitative estimate of drug-likeness (QED) is 0.715. The van der Waals surface area contributed by atoms with Gasteiger partial charge in [0.25, 0.3) is 0 Å². The summed E-state index contributed by atoms with van der Waals surface area (Å²) < 4.78 is 17.5. The third-order valence-corrected chi connectivity index (χ3v) is 1.73. The highest BCUT2D eigenvalue weighted by Crippen LogP contribution is 2.13.